The van der Waals surface area contributed by atoms with Crippen molar-refractivity contribution in [2.75, 3.05) is 18.6 Å². The van der Waals surface area contributed by atoms with Gasteiger partial charge >= 0.3 is 0 Å². The molecule has 0 fully saturated rings. The fourth-order valence-corrected chi connectivity index (χ4v) is 3.65. The van der Waals surface area contributed by atoms with Gasteiger partial charge in [-0.2, -0.15) is 0 Å². The molecule has 1 aliphatic heterocycles. The third kappa shape index (κ3) is 3.76. The molecule has 0 saturated heterocycles. The van der Waals surface area contributed by atoms with Crippen molar-refractivity contribution in [1.82, 2.24) is 4.72 Å². The number of methoxy groups -OCH3 is 1. The zero-order chi connectivity index (χ0) is 18.0. The Kier molecular flexibility index (Phi) is 4.67. The number of rotatable bonds is 4. The van der Waals surface area contributed by atoms with Crippen LogP contribution in [0.3, 0.4) is 0 Å². The third-order valence-electron chi connectivity index (χ3n) is 3.99. The van der Waals surface area contributed by atoms with Crippen molar-refractivity contribution in [2.45, 2.75) is 24.8 Å². The average Bonchev–Trinajstić information content (AvgIpc) is 2.95. The lowest BCUT2D eigenvalue weighted by Gasteiger charge is -2.21. The van der Waals surface area contributed by atoms with Crippen LogP contribution in [-0.2, 0) is 10.0 Å². The number of sulfonamides is 1. The molecule has 0 radical (unpaired) electrons. The van der Waals surface area contributed by atoms with Crippen LogP contribution in [0.5, 0.6) is 5.75 Å². The van der Waals surface area contributed by atoms with Gasteiger partial charge in [-0.1, -0.05) is 17.7 Å². The molecule has 0 amide bonds. The molecule has 1 aliphatic rings. The second-order valence-electron chi connectivity index (χ2n) is 6.03. The topological polar surface area (TPSA) is 71.0 Å². The highest BCUT2D eigenvalue weighted by molar-refractivity contribution is 7.90. The first-order valence-electron chi connectivity index (χ1n) is 7.98. The molecule has 2 aromatic rings. The molecule has 0 bridgehead atoms. The molecule has 0 aromatic heterocycles. The molecule has 2 aromatic carbocycles. The van der Waals surface area contributed by atoms with Gasteiger partial charge in [0.1, 0.15) is 5.75 Å². The summed E-state index contributed by atoms with van der Waals surface area (Å²) >= 11 is 0. The number of aryl methyl sites for hydroxylation is 1. The number of anilines is 1. The zero-order valence-electron chi connectivity index (χ0n) is 14.4. The van der Waals surface area contributed by atoms with Crippen LogP contribution in [0.15, 0.2) is 58.4 Å². The summed E-state index contributed by atoms with van der Waals surface area (Å²) in [6.45, 7) is 4.47. The molecule has 1 unspecified atom stereocenters. The predicted octanol–water partition coefficient (Wildman–Crippen LogP) is 2.55. The van der Waals surface area contributed by atoms with Gasteiger partial charge in [0.25, 0.3) is 10.0 Å². The first-order chi connectivity index (χ1) is 11.9. The lowest BCUT2D eigenvalue weighted by molar-refractivity contribution is 0.415. The Morgan fingerprint density at radius 1 is 1.12 bits per heavy atom. The lowest BCUT2D eigenvalue weighted by atomic mass is 10.2. The van der Waals surface area contributed by atoms with Gasteiger partial charge in [-0.25, -0.2) is 18.1 Å². The van der Waals surface area contributed by atoms with Gasteiger partial charge in [-0.3, -0.25) is 0 Å². The van der Waals surface area contributed by atoms with Crippen molar-refractivity contribution in [3.8, 4) is 5.75 Å². The number of hydrogen-bond donors (Lipinski definition) is 1. The minimum Gasteiger partial charge on any atom is -0.497 e. The Morgan fingerprint density at radius 2 is 1.76 bits per heavy atom. The fourth-order valence-electron chi connectivity index (χ4n) is 2.64. The zero-order valence-corrected chi connectivity index (χ0v) is 15.2. The Morgan fingerprint density at radius 3 is 2.36 bits per heavy atom. The summed E-state index contributed by atoms with van der Waals surface area (Å²) in [5.41, 5.74) is 1.86. The summed E-state index contributed by atoms with van der Waals surface area (Å²) in [7, 11) is -2.08. The van der Waals surface area contributed by atoms with Crippen LogP contribution in [0.25, 0.3) is 0 Å². The summed E-state index contributed by atoms with van der Waals surface area (Å²) in [6.07, 6.45) is 0. The minimum absolute atomic E-state index is 0.00202. The molecular formula is C18H21N3O3S. The molecule has 132 valence electrons. The number of nitrogens with one attached hydrogen (secondary N) is 1. The summed E-state index contributed by atoms with van der Waals surface area (Å²) in [5.74, 6) is 1.08. The Labute approximate surface area is 148 Å². The molecule has 1 heterocycles. The Hall–Kier alpha value is -2.54. The summed E-state index contributed by atoms with van der Waals surface area (Å²) < 4.78 is 33.1. The quantitative estimate of drug-likeness (QED) is 0.911. The van der Waals surface area contributed by atoms with Crippen molar-refractivity contribution in [3.63, 3.8) is 0 Å². The van der Waals surface area contributed by atoms with Crippen LogP contribution in [0.2, 0.25) is 0 Å². The first kappa shape index (κ1) is 17.3. The van der Waals surface area contributed by atoms with Crippen molar-refractivity contribution < 1.29 is 13.2 Å². The number of guanidine groups is 1. The van der Waals surface area contributed by atoms with Crippen LogP contribution < -0.4 is 14.4 Å². The van der Waals surface area contributed by atoms with E-state index in [1.54, 1.807) is 31.4 Å². The van der Waals surface area contributed by atoms with Crippen molar-refractivity contribution in [3.05, 3.63) is 54.1 Å². The standard InChI is InChI=1S/C18H21N3O3S/c1-13-4-10-17(11-5-13)25(22,23)20-18-19-14(2)12-21(18)15-6-8-16(24-3)9-7-15/h4-11,14H,12H2,1-3H3,(H,19,20). The lowest BCUT2D eigenvalue weighted by Crippen LogP contribution is -2.41. The summed E-state index contributed by atoms with van der Waals surface area (Å²) in [5, 5.41) is 0. The second-order valence-corrected chi connectivity index (χ2v) is 7.71. The Bertz CT molecular complexity index is 875. The van der Waals surface area contributed by atoms with Gasteiger partial charge < -0.3 is 9.64 Å². The van der Waals surface area contributed by atoms with E-state index < -0.39 is 10.0 Å². The van der Waals surface area contributed by atoms with Crippen LogP contribution >= 0.6 is 0 Å². The molecule has 0 aliphatic carbocycles. The van der Waals surface area contributed by atoms with Gasteiger partial charge in [0.2, 0.25) is 5.96 Å². The minimum atomic E-state index is -3.68. The molecule has 1 N–H and O–H groups in total. The smallest absolute Gasteiger partial charge is 0.264 e. The van der Waals surface area contributed by atoms with Gasteiger partial charge in [-0.15, -0.1) is 0 Å². The van der Waals surface area contributed by atoms with Crippen LogP contribution in [0, 0.1) is 6.92 Å². The summed E-state index contributed by atoms with van der Waals surface area (Å²) in [4.78, 5) is 6.51. The normalized spacial score (nSPS) is 17.3. The van der Waals surface area contributed by atoms with E-state index in [0.717, 1.165) is 17.0 Å². The molecule has 7 heteroatoms. The maximum absolute atomic E-state index is 12.6. The number of aliphatic imine (C=N–C) groups is 1. The summed E-state index contributed by atoms with van der Waals surface area (Å²) in [6, 6.07) is 14.2. The molecule has 0 saturated carbocycles. The van der Waals surface area contributed by atoms with E-state index >= 15 is 0 Å². The highest BCUT2D eigenvalue weighted by atomic mass is 32.2. The molecule has 1 atom stereocenters. The second kappa shape index (κ2) is 6.76. The number of nitrogens with zero attached hydrogens (tertiary/aromatic N) is 2. The number of benzene rings is 2. The van der Waals surface area contributed by atoms with Gasteiger partial charge in [0.05, 0.1) is 18.0 Å². The maximum Gasteiger partial charge on any atom is 0.264 e. The van der Waals surface area contributed by atoms with Gasteiger partial charge in [0, 0.05) is 12.2 Å². The largest absolute Gasteiger partial charge is 0.497 e. The van der Waals surface area contributed by atoms with Gasteiger partial charge in [0.15, 0.2) is 0 Å². The molecule has 0 spiro atoms. The van der Waals surface area contributed by atoms with E-state index in [1.807, 2.05) is 43.0 Å². The predicted molar refractivity (Wildman–Crippen MR) is 98.7 cm³/mol. The molecular weight excluding hydrogens is 338 g/mol. The van der Waals surface area contributed by atoms with E-state index in [1.165, 1.54) is 0 Å². The highest BCUT2D eigenvalue weighted by Crippen LogP contribution is 2.23. The monoisotopic (exact) mass is 359 g/mol. The first-order valence-corrected chi connectivity index (χ1v) is 9.46. The molecule has 25 heavy (non-hydrogen) atoms. The van der Waals surface area contributed by atoms with E-state index in [2.05, 4.69) is 9.71 Å². The van der Waals surface area contributed by atoms with Gasteiger partial charge in [-0.05, 0) is 50.2 Å². The molecule has 3 rings (SSSR count). The fraction of sp³-hybridized carbons (Fsp3) is 0.278. The van der Waals surface area contributed by atoms with E-state index in [9.17, 15) is 8.42 Å². The number of hydrogen-bond acceptors (Lipinski definition) is 5. The van der Waals surface area contributed by atoms with Crippen molar-refractivity contribution in [1.29, 1.82) is 0 Å². The van der Waals surface area contributed by atoms with Crippen molar-refractivity contribution >= 4 is 21.7 Å². The SMILES string of the molecule is COc1ccc(N2CC(C)N=C2NS(=O)(=O)c2ccc(C)cc2)cc1. The van der Waals surface area contributed by atoms with Crippen LogP contribution in [-0.4, -0.2) is 34.1 Å². The van der Waals surface area contributed by atoms with Crippen LogP contribution in [0.1, 0.15) is 12.5 Å². The number of ether oxygens (including phenoxy) is 1. The molecule has 6 nitrogen and oxygen atoms in total. The third-order valence-corrected chi connectivity index (χ3v) is 5.33. The van der Waals surface area contributed by atoms with E-state index in [4.69, 9.17) is 4.74 Å². The highest BCUT2D eigenvalue weighted by Gasteiger charge is 2.27. The van der Waals surface area contributed by atoms with Crippen LogP contribution in [0.4, 0.5) is 5.69 Å². The van der Waals surface area contributed by atoms with E-state index in [-0.39, 0.29) is 10.9 Å². The average molecular weight is 359 g/mol. The van der Waals surface area contributed by atoms with Crippen molar-refractivity contribution in [2.24, 2.45) is 4.99 Å². The Balaban J connectivity index is 1.86. The van der Waals surface area contributed by atoms with E-state index in [0.29, 0.717) is 12.5 Å². The maximum atomic E-state index is 12.6.